The van der Waals surface area contributed by atoms with Crippen LogP contribution in [-0.4, -0.2) is 26.2 Å². The lowest BCUT2D eigenvalue weighted by atomic mass is 10.3. The number of rotatable bonds is 4. The molecule has 92 valence electrons. The zero-order valence-corrected chi connectivity index (χ0v) is 10.3. The maximum Gasteiger partial charge on any atom is 0.195 e. The van der Waals surface area contributed by atoms with Gasteiger partial charge in [0.1, 0.15) is 5.52 Å². The van der Waals surface area contributed by atoms with E-state index in [2.05, 4.69) is 4.98 Å². The largest absolute Gasteiger partial charge is 0.441 e. The number of benzene rings is 1. The van der Waals surface area contributed by atoms with Crippen LogP contribution >= 0.6 is 0 Å². The molecule has 0 fully saturated rings. The lowest BCUT2D eigenvalue weighted by Gasteiger charge is -1.95. The molecular formula is C11H14N2O3S. The van der Waals surface area contributed by atoms with Crippen molar-refractivity contribution >= 4 is 20.9 Å². The van der Waals surface area contributed by atoms with Gasteiger partial charge < -0.3 is 10.2 Å². The first-order chi connectivity index (χ1) is 8.00. The van der Waals surface area contributed by atoms with Crippen LogP contribution in [0.4, 0.5) is 0 Å². The Kier molecular flexibility index (Phi) is 3.17. The molecule has 6 heteroatoms. The quantitative estimate of drug-likeness (QED) is 0.883. The molecule has 2 rings (SSSR count). The summed E-state index contributed by atoms with van der Waals surface area (Å²) >= 11 is 0. The highest BCUT2D eigenvalue weighted by Gasteiger charge is 2.11. The second kappa shape index (κ2) is 4.46. The molecule has 0 aliphatic rings. The molecule has 0 aliphatic heterocycles. The number of hydrogen-bond donors (Lipinski definition) is 1. The van der Waals surface area contributed by atoms with Gasteiger partial charge in [0.15, 0.2) is 21.3 Å². The predicted octanol–water partition coefficient (Wildman–Crippen LogP) is 1.12. The summed E-state index contributed by atoms with van der Waals surface area (Å²) in [7, 11) is -3.20. The maximum atomic E-state index is 11.4. The van der Waals surface area contributed by atoms with Gasteiger partial charge in [-0.3, -0.25) is 0 Å². The lowest BCUT2D eigenvalue weighted by molar-refractivity contribution is 0.521. The van der Waals surface area contributed by atoms with E-state index in [1.165, 1.54) is 18.4 Å². The highest BCUT2D eigenvalue weighted by Crippen LogP contribution is 2.20. The normalized spacial score (nSPS) is 12.1. The van der Waals surface area contributed by atoms with Crippen LogP contribution in [-0.2, 0) is 16.3 Å². The number of aryl methyl sites for hydroxylation is 1. The SMILES string of the molecule is CS(=O)(=O)c1ccc2oc(CCCN)nc2c1. The maximum absolute atomic E-state index is 11.4. The van der Waals surface area contributed by atoms with Crippen LogP contribution in [0.15, 0.2) is 27.5 Å². The standard InChI is InChI=1S/C11H14N2O3S/c1-17(14,15)8-4-5-10-9(7-8)13-11(16-10)3-2-6-12/h4-5,7H,2-3,6,12H2,1H3. The summed E-state index contributed by atoms with van der Waals surface area (Å²) in [4.78, 5) is 4.49. The second-order valence-electron chi connectivity index (χ2n) is 3.90. The molecule has 0 bridgehead atoms. The third kappa shape index (κ3) is 2.65. The Morgan fingerprint density at radius 2 is 2.18 bits per heavy atom. The van der Waals surface area contributed by atoms with Gasteiger partial charge in [-0.1, -0.05) is 0 Å². The first-order valence-electron chi connectivity index (χ1n) is 5.30. The number of nitrogens with zero attached hydrogens (tertiary/aromatic N) is 1. The van der Waals surface area contributed by atoms with E-state index >= 15 is 0 Å². The van der Waals surface area contributed by atoms with E-state index in [-0.39, 0.29) is 4.90 Å². The van der Waals surface area contributed by atoms with Gasteiger partial charge in [0.05, 0.1) is 4.90 Å². The van der Waals surface area contributed by atoms with Crippen molar-refractivity contribution in [1.29, 1.82) is 0 Å². The van der Waals surface area contributed by atoms with E-state index in [0.29, 0.717) is 30.0 Å². The van der Waals surface area contributed by atoms with Gasteiger partial charge >= 0.3 is 0 Å². The molecule has 2 N–H and O–H groups in total. The van der Waals surface area contributed by atoms with E-state index in [1.807, 2.05) is 0 Å². The highest BCUT2D eigenvalue weighted by atomic mass is 32.2. The van der Waals surface area contributed by atoms with Gasteiger partial charge in [0.2, 0.25) is 0 Å². The molecule has 0 atom stereocenters. The zero-order chi connectivity index (χ0) is 12.5. The molecule has 1 aromatic carbocycles. The number of fused-ring (bicyclic) bond motifs is 1. The topological polar surface area (TPSA) is 86.2 Å². The zero-order valence-electron chi connectivity index (χ0n) is 9.51. The highest BCUT2D eigenvalue weighted by molar-refractivity contribution is 7.90. The molecule has 0 spiro atoms. The molecule has 17 heavy (non-hydrogen) atoms. The second-order valence-corrected chi connectivity index (χ2v) is 5.92. The summed E-state index contributed by atoms with van der Waals surface area (Å²) in [5.41, 5.74) is 6.57. The summed E-state index contributed by atoms with van der Waals surface area (Å²) < 4.78 is 28.2. The average Bonchev–Trinajstić information content (AvgIpc) is 2.66. The summed E-state index contributed by atoms with van der Waals surface area (Å²) in [6.07, 6.45) is 2.63. The minimum atomic E-state index is -3.20. The van der Waals surface area contributed by atoms with E-state index < -0.39 is 9.84 Å². The van der Waals surface area contributed by atoms with Crippen LogP contribution in [0, 0.1) is 0 Å². The molecule has 0 amide bonds. The van der Waals surface area contributed by atoms with Crippen LogP contribution in [0.5, 0.6) is 0 Å². The molecule has 1 aromatic heterocycles. The Bertz CT molecular complexity index is 631. The number of oxazole rings is 1. The van der Waals surface area contributed by atoms with Crippen LogP contribution in [0.1, 0.15) is 12.3 Å². The summed E-state index contributed by atoms with van der Waals surface area (Å²) in [6, 6.07) is 4.68. The van der Waals surface area contributed by atoms with E-state index in [9.17, 15) is 8.42 Å². The van der Waals surface area contributed by atoms with Crippen LogP contribution in [0.3, 0.4) is 0 Å². The molecule has 0 radical (unpaired) electrons. The van der Waals surface area contributed by atoms with Crippen LogP contribution in [0.25, 0.3) is 11.1 Å². The van der Waals surface area contributed by atoms with Crippen molar-refractivity contribution in [2.75, 3.05) is 12.8 Å². The molecule has 0 aliphatic carbocycles. The Morgan fingerprint density at radius 1 is 1.41 bits per heavy atom. The van der Waals surface area contributed by atoms with Crippen molar-refractivity contribution < 1.29 is 12.8 Å². The molecule has 0 saturated carbocycles. The van der Waals surface area contributed by atoms with Gasteiger partial charge in [-0.05, 0) is 31.2 Å². The third-order valence-electron chi connectivity index (χ3n) is 2.43. The molecule has 0 unspecified atom stereocenters. The van der Waals surface area contributed by atoms with Crippen LogP contribution < -0.4 is 5.73 Å². The number of hydrogen-bond acceptors (Lipinski definition) is 5. The number of nitrogens with two attached hydrogens (primary N) is 1. The van der Waals surface area contributed by atoms with Crippen LogP contribution in [0.2, 0.25) is 0 Å². The van der Waals surface area contributed by atoms with Crippen molar-refractivity contribution in [3.63, 3.8) is 0 Å². The minimum Gasteiger partial charge on any atom is -0.441 e. The van der Waals surface area contributed by atoms with E-state index in [0.717, 1.165) is 6.42 Å². The molecular weight excluding hydrogens is 240 g/mol. The predicted molar refractivity (Wildman–Crippen MR) is 64.5 cm³/mol. The summed E-state index contributed by atoms with van der Waals surface area (Å²) in [6.45, 7) is 0.577. The van der Waals surface area contributed by atoms with Gasteiger partial charge in [-0.25, -0.2) is 13.4 Å². The monoisotopic (exact) mass is 254 g/mol. The fourth-order valence-corrected chi connectivity index (χ4v) is 2.19. The van der Waals surface area contributed by atoms with Crippen molar-refractivity contribution in [2.24, 2.45) is 5.73 Å². The first-order valence-corrected chi connectivity index (χ1v) is 7.19. The van der Waals surface area contributed by atoms with Gasteiger partial charge in [-0.2, -0.15) is 0 Å². The average molecular weight is 254 g/mol. The summed E-state index contributed by atoms with van der Waals surface area (Å²) in [5.74, 6) is 0.594. The van der Waals surface area contributed by atoms with Crippen molar-refractivity contribution in [1.82, 2.24) is 4.98 Å². The van der Waals surface area contributed by atoms with Crippen molar-refractivity contribution in [3.05, 3.63) is 24.1 Å². The Balaban J connectivity index is 2.41. The molecule has 2 aromatic rings. The summed E-state index contributed by atoms with van der Waals surface area (Å²) in [5, 5.41) is 0. The third-order valence-corrected chi connectivity index (χ3v) is 3.54. The van der Waals surface area contributed by atoms with E-state index in [1.54, 1.807) is 6.07 Å². The molecule has 1 heterocycles. The van der Waals surface area contributed by atoms with Crippen molar-refractivity contribution in [2.45, 2.75) is 17.7 Å². The smallest absolute Gasteiger partial charge is 0.195 e. The molecule has 5 nitrogen and oxygen atoms in total. The van der Waals surface area contributed by atoms with Gasteiger partial charge in [-0.15, -0.1) is 0 Å². The van der Waals surface area contributed by atoms with E-state index in [4.69, 9.17) is 10.2 Å². The van der Waals surface area contributed by atoms with Crippen molar-refractivity contribution in [3.8, 4) is 0 Å². The fraction of sp³-hybridized carbons (Fsp3) is 0.364. The first kappa shape index (κ1) is 12.1. The lowest BCUT2D eigenvalue weighted by Crippen LogP contribution is -2.00. The number of aromatic nitrogens is 1. The fourth-order valence-electron chi connectivity index (χ4n) is 1.55. The Morgan fingerprint density at radius 3 is 2.82 bits per heavy atom. The molecule has 0 saturated heterocycles. The Hall–Kier alpha value is -1.40. The van der Waals surface area contributed by atoms with Gasteiger partial charge in [0.25, 0.3) is 0 Å². The minimum absolute atomic E-state index is 0.253. The van der Waals surface area contributed by atoms with Gasteiger partial charge in [0, 0.05) is 12.7 Å². The Labute approximate surface area is 99.6 Å². The number of sulfone groups is 1.